The van der Waals surface area contributed by atoms with Gasteiger partial charge >= 0.3 is 0 Å². The van der Waals surface area contributed by atoms with Crippen molar-refractivity contribution in [2.24, 2.45) is 0 Å². The third-order valence-corrected chi connectivity index (χ3v) is 4.96. The largest absolute Gasteiger partial charge is 0.321 e. The number of nitrogens with zero attached hydrogens (tertiary/aromatic N) is 3. The molecule has 1 aromatic carbocycles. The van der Waals surface area contributed by atoms with Gasteiger partial charge in [0.2, 0.25) is 0 Å². The Bertz CT molecular complexity index is 931. The first-order valence-corrected chi connectivity index (χ1v) is 9.23. The third-order valence-electron chi connectivity index (χ3n) is 4.72. The number of carbonyl (C=O) groups excluding carboxylic acids is 1. The van der Waals surface area contributed by atoms with Crippen molar-refractivity contribution in [2.45, 2.75) is 31.7 Å². The fourth-order valence-corrected chi connectivity index (χ4v) is 3.58. The molecule has 1 aliphatic rings. The molecule has 26 heavy (non-hydrogen) atoms. The molecule has 0 aliphatic carbocycles. The van der Waals surface area contributed by atoms with Crippen molar-refractivity contribution in [1.29, 1.82) is 0 Å². The highest BCUT2D eigenvalue weighted by molar-refractivity contribution is 6.31. The van der Waals surface area contributed by atoms with Gasteiger partial charge in [-0.25, -0.2) is 9.50 Å². The predicted molar refractivity (Wildman–Crippen MR) is 102 cm³/mol. The van der Waals surface area contributed by atoms with Gasteiger partial charge in [-0.05, 0) is 43.1 Å². The van der Waals surface area contributed by atoms with Crippen LogP contribution in [0.4, 0.5) is 5.69 Å². The van der Waals surface area contributed by atoms with E-state index in [4.69, 9.17) is 11.6 Å². The Kier molecular flexibility index (Phi) is 4.86. The topological polar surface area (TPSA) is 71.3 Å². The fraction of sp³-hybridized carbons (Fsp3) is 0.316. The lowest BCUT2D eigenvalue weighted by Crippen LogP contribution is -2.22. The second-order valence-corrected chi connectivity index (χ2v) is 6.92. The van der Waals surface area contributed by atoms with Crippen LogP contribution in [0, 0.1) is 0 Å². The second kappa shape index (κ2) is 7.43. The number of benzene rings is 1. The molecule has 1 amide bonds. The molecule has 1 unspecified atom stereocenters. The van der Waals surface area contributed by atoms with Crippen LogP contribution in [0.2, 0.25) is 5.02 Å². The molecule has 4 rings (SSSR count). The zero-order chi connectivity index (χ0) is 17.9. The number of rotatable bonds is 3. The van der Waals surface area contributed by atoms with Crippen molar-refractivity contribution in [3.63, 3.8) is 0 Å². The van der Waals surface area contributed by atoms with E-state index in [0.717, 1.165) is 24.2 Å². The molecule has 0 bridgehead atoms. The van der Waals surface area contributed by atoms with Gasteiger partial charge in [0.05, 0.1) is 6.20 Å². The molecule has 1 aliphatic heterocycles. The Morgan fingerprint density at radius 2 is 2.23 bits per heavy atom. The number of fused-ring (bicyclic) bond motifs is 1. The highest BCUT2D eigenvalue weighted by Crippen LogP contribution is 2.31. The van der Waals surface area contributed by atoms with Gasteiger partial charge < -0.3 is 10.6 Å². The summed E-state index contributed by atoms with van der Waals surface area (Å²) < 4.78 is 1.58. The summed E-state index contributed by atoms with van der Waals surface area (Å²) in [5, 5.41) is 11.4. The van der Waals surface area contributed by atoms with Gasteiger partial charge in [0, 0.05) is 29.1 Å². The summed E-state index contributed by atoms with van der Waals surface area (Å²) in [6, 6.07) is 7.66. The van der Waals surface area contributed by atoms with Gasteiger partial charge in [0.25, 0.3) is 5.91 Å². The van der Waals surface area contributed by atoms with Crippen LogP contribution in [0.1, 0.15) is 47.6 Å². The quantitative estimate of drug-likeness (QED) is 0.735. The first kappa shape index (κ1) is 17.0. The van der Waals surface area contributed by atoms with Crippen molar-refractivity contribution in [1.82, 2.24) is 19.9 Å². The molecule has 0 saturated carbocycles. The lowest BCUT2D eigenvalue weighted by molar-refractivity contribution is 0.102. The smallest absolute Gasteiger partial charge is 0.261 e. The number of halogens is 1. The van der Waals surface area contributed by atoms with Crippen molar-refractivity contribution >= 4 is 28.8 Å². The molecule has 3 aromatic rings. The van der Waals surface area contributed by atoms with E-state index in [-0.39, 0.29) is 11.9 Å². The third kappa shape index (κ3) is 3.43. The van der Waals surface area contributed by atoms with E-state index in [0.29, 0.717) is 16.2 Å². The van der Waals surface area contributed by atoms with Crippen LogP contribution < -0.4 is 10.6 Å². The molecule has 6 nitrogen and oxygen atoms in total. The van der Waals surface area contributed by atoms with E-state index < -0.39 is 0 Å². The predicted octanol–water partition coefficient (Wildman–Crippen LogP) is 3.84. The first-order chi connectivity index (χ1) is 12.7. The van der Waals surface area contributed by atoms with Crippen molar-refractivity contribution in [3.8, 4) is 0 Å². The van der Waals surface area contributed by atoms with Gasteiger partial charge in [0.15, 0.2) is 5.65 Å². The number of carbonyl (C=O) groups is 1. The summed E-state index contributed by atoms with van der Waals surface area (Å²) in [5.41, 5.74) is 2.76. The van der Waals surface area contributed by atoms with Crippen LogP contribution in [0.15, 0.2) is 42.9 Å². The molecular formula is C19H20ClN5O. The fourth-order valence-electron chi connectivity index (χ4n) is 3.41. The Morgan fingerprint density at radius 1 is 1.31 bits per heavy atom. The summed E-state index contributed by atoms with van der Waals surface area (Å²) in [7, 11) is 0. The summed E-state index contributed by atoms with van der Waals surface area (Å²) >= 11 is 6.19. The highest BCUT2D eigenvalue weighted by atomic mass is 35.5. The van der Waals surface area contributed by atoms with Crippen LogP contribution in [0.3, 0.4) is 0 Å². The van der Waals surface area contributed by atoms with Crippen molar-refractivity contribution < 1.29 is 4.79 Å². The number of hydrogen-bond donors (Lipinski definition) is 2. The van der Waals surface area contributed by atoms with Crippen LogP contribution in [0.5, 0.6) is 0 Å². The number of hydrogen-bond acceptors (Lipinski definition) is 4. The van der Waals surface area contributed by atoms with Crippen LogP contribution in [-0.4, -0.2) is 27.0 Å². The molecule has 0 radical (unpaired) electrons. The van der Waals surface area contributed by atoms with Gasteiger partial charge in [0.1, 0.15) is 5.56 Å². The highest BCUT2D eigenvalue weighted by Gasteiger charge is 2.20. The summed E-state index contributed by atoms with van der Waals surface area (Å²) in [4.78, 5) is 17.1. The average Bonchev–Trinajstić information content (AvgIpc) is 2.89. The van der Waals surface area contributed by atoms with Crippen LogP contribution >= 0.6 is 11.6 Å². The zero-order valence-corrected chi connectivity index (χ0v) is 15.0. The normalized spacial score (nSPS) is 17.8. The maximum atomic E-state index is 12.8. The van der Waals surface area contributed by atoms with Crippen molar-refractivity contribution in [2.75, 3.05) is 11.9 Å². The molecule has 1 fully saturated rings. The lowest BCUT2D eigenvalue weighted by Gasteiger charge is -2.20. The standard InChI is InChI=1S/C19H20ClN5O/c20-13-6-7-14(16-5-2-1-3-8-21-16)17(11-13)24-19(26)15-12-23-25-10-4-9-22-18(15)25/h4,6-7,9-12,16,21H,1-3,5,8H2,(H,24,26). The number of anilines is 1. The molecule has 2 aromatic heterocycles. The monoisotopic (exact) mass is 369 g/mol. The maximum absolute atomic E-state index is 12.8. The molecule has 3 heterocycles. The molecule has 7 heteroatoms. The second-order valence-electron chi connectivity index (χ2n) is 6.49. The SMILES string of the molecule is O=C(Nc1cc(Cl)ccc1C1CCCCCN1)c1cnn2cccnc12. The van der Waals surface area contributed by atoms with E-state index in [1.165, 1.54) is 25.5 Å². The van der Waals surface area contributed by atoms with E-state index in [1.807, 2.05) is 12.1 Å². The van der Waals surface area contributed by atoms with Gasteiger partial charge in [-0.15, -0.1) is 0 Å². The molecule has 0 spiro atoms. The average molecular weight is 370 g/mol. The van der Waals surface area contributed by atoms with E-state index in [9.17, 15) is 4.79 Å². The molecule has 1 atom stereocenters. The van der Waals surface area contributed by atoms with Gasteiger partial charge in [-0.1, -0.05) is 30.5 Å². The molecular weight excluding hydrogens is 350 g/mol. The summed E-state index contributed by atoms with van der Waals surface area (Å²) in [6.07, 6.45) is 9.57. The Hall–Kier alpha value is -2.44. The number of nitrogens with one attached hydrogen (secondary N) is 2. The minimum absolute atomic E-state index is 0.215. The number of aromatic nitrogens is 3. The van der Waals surface area contributed by atoms with E-state index >= 15 is 0 Å². The van der Waals surface area contributed by atoms with E-state index in [2.05, 4.69) is 20.7 Å². The minimum atomic E-state index is -0.240. The Labute approximate surface area is 156 Å². The molecule has 134 valence electrons. The molecule has 2 N–H and O–H groups in total. The molecule has 1 saturated heterocycles. The van der Waals surface area contributed by atoms with Crippen LogP contribution in [0.25, 0.3) is 5.65 Å². The summed E-state index contributed by atoms with van der Waals surface area (Å²) in [5.74, 6) is -0.240. The summed E-state index contributed by atoms with van der Waals surface area (Å²) in [6.45, 7) is 0.985. The van der Waals surface area contributed by atoms with Gasteiger partial charge in [-0.2, -0.15) is 5.10 Å². The van der Waals surface area contributed by atoms with Crippen LogP contribution in [-0.2, 0) is 0 Å². The Balaban J connectivity index is 1.64. The lowest BCUT2D eigenvalue weighted by atomic mass is 10.00. The maximum Gasteiger partial charge on any atom is 0.261 e. The van der Waals surface area contributed by atoms with Crippen molar-refractivity contribution in [3.05, 3.63) is 59.0 Å². The number of amides is 1. The Morgan fingerprint density at radius 3 is 3.15 bits per heavy atom. The zero-order valence-electron chi connectivity index (χ0n) is 14.3. The van der Waals surface area contributed by atoms with Gasteiger partial charge in [-0.3, -0.25) is 4.79 Å². The van der Waals surface area contributed by atoms with E-state index in [1.54, 1.807) is 29.0 Å². The minimum Gasteiger partial charge on any atom is -0.321 e. The first-order valence-electron chi connectivity index (χ1n) is 8.85.